The SMILES string of the molecule is CCCC1CN(CCCSCC)C2(CCCC2)CN1. The lowest BCUT2D eigenvalue weighted by molar-refractivity contribution is 0.0414. The molecule has 1 spiro atoms. The molecule has 1 N–H and O–H groups in total. The highest BCUT2D eigenvalue weighted by atomic mass is 32.2. The van der Waals surface area contributed by atoms with Gasteiger partial charge in [0, 0.05) is 24.7 Å². The molecular weight excluding hydrogens is 252 g/mol. The normalized spacial score (nSPS) is 27.2. The molecule has 3 heteroatoms. The molecule has 1 unspecified atom stereocenters. The highest BCUT2D eigenvalue weighted by Gasteiger charge is 2.42. The van der Waals surface area contributed by atoms with Gasteiger partial charge in [-0.25, -0.2) is 0 Å². The fourth-order valence-corrected chi connectivity index (χ4v) is 4.49. The van der Waals surface area contributed by atoms with Crippen molar-refractivity contribution in [2.75, 3.05) is 31.1 Å². The minimum absolute atomic E-state index is 0.529. The van der Waals surface area contributed by atoms with Crippen molar-refractivity contribution in [2.45, 2.75) is 70.4 Å². The first-order chi connectivity index (χ1) is 9.30. The predicted octanol–water partition coefficient (Wildman–Crippen LogP) is 3.52. The third-order valence-corrected chi connectivity index (χ3v) is 5.91. The van der Waals surface area contributed by atoms with Gasteiger partial charge in [-0.2, -0.15) is 11.8 Å². The smallest absolute Gasteiger partial charge is 0.0334 e. The largest absolute Gasteiger partial charge is 0.311 e. The minimum atomic E-state index is 0.529. The second kappa shape index (κ2) is 7.90. The van der Waals surface area contributed by atoms with E-state index in [1.807, 2.05) is 0 Å². The molecule has 1 saturated heterocycles. The Morgan fingerprint density at radius 2 is 2.05 bits per heavy atom. The maximum Gasteiger partial charge on any atom is 0.0334 e. The van der Waals surface area contributed by atoms with Crippen molar-refractivity contribution in [3.63, 3.8) is 0 Å². The van der Waals surface area contributed by atoms with Gasteiger partial charge in [-0.15, -0.1) is 0 Å². The van der Waals surface area contributed by atoms with Crippen molar-refractivity contribution < 1.29 is 0 Å². The summed E-state index contributed by atoms with van der Waals surface area (Å²) in [5.74, 6) is 2.61. The van der Waals surface area contributed by atoms with E-state index in [4.69, 9.17) is 0 Å². The molecule has 1 aliphatic heterocycles. The van der Waals surface area contributed by atoms with Crippen LogP contribution in [0.15, 0.2) is 0 Å². The first-order valence-corrected chi connectivity index (χ1v) is 9.52. The average molecular weight is 285 g/mol. The molecule has 2 rings (SSSR count). The van der Waals surface area contributed by atoms with Crippen LogP contribution in [0.4, 0.5) is 0 Å². The van der Waals surface area contributed by atoms with E-state index >= 15 is 0 Å². The van der Waals surface area contributed by atoms with Gasteiger partial charge in [0.15, 0.2) is 0 Å². The molecule has 1 aliphatic carbocycles. The van der Waals surface area contributed by atoms with E-state index in [0.29, 0.717) is 5.54 Å². The minimum Gasteiger partial charge on any atom is -0.311 e. The molecule has 0 amide bonds. The Labute approximate surface area is 124 Å². The van der Waals surface area contributed by atoms with Crippen molar-refractivity contribution in [3.05, 3.63) is 0 Å². The van der Waals surface area contributed by atoms with Gasteiger partial charge in [0.25, 0.3) is 0 Å². The molecule has 2 nitrogen and oxygen atoms in total. The zero-order chi connectivity index (χ0) is 13.6. The lowest BCUT2D eigenvalue weighted by Crippen LogP contribution is -2.63. The Morgan fingerprint density at radius 3 is 2.74 bits per heavy atom. The maximum atomic E-state index is 3.84. The summed E-state index contributed by atoms with van der Waals surface area (Å²) in [6.45, 7) is 8.45. The summed E-state index contributed by atoms with van der Waals surface area (Å²) in [6.07, 6.45) is 9.78. The molecule has 112 valence electrons. The Bertz CT molecular complexity index is 251. The summed E-state index contributed by atoms with van der Waals surface area (Å²) >= 11 is 2.10. The average Bonchev–Trinajstić information content (AvgIpc) is 2.88. The molecule has 19 heavy (non-hydrogen) atoms. The molecule has 0 aromatic rings. The third kappa shape index (κ3) is 4.12. The first kappa shape index (κ1) is 15.7. The molecule has 0 aromatic heterocycles. The zero-order valence-corrected chi connectivity index (χ0v) is 13.7. The van der Waals surface area contributed by atoms with Gasteiger partial charge in [0.2, 0.25) is 0 Å². The Morgan fingerprint density at radius 1 is 1.26 bits per heavy atom. The molecule has 0 aromatic carbocycles. The number of nitrogens with one attached hydrogen (secondary N) is 1. The number of piperazine rings is 1. The van der Waals surface area contributed by atoms with E-state index in [0.717, 1.165) is 6.04 Å². The highest BCUT2D eigenvalue weighted by molar-refractivity contribution is 7.99. The summed E-state index contributed by atoms with van der Waals surface area (Å²) in [6, 6.07) is 0.745. The fourth-order valence-electron chi connectivity index (χ4n) is 3.87. The lowest BCUT2D eigenvalue weighted by Gasteiger charge is -2.48. The summed E-state index contributed by atoms with van der Waals surface area (Å²) in [7, 11) is 0. The molecule has 2 aliphatic rings. The van der Waals surface area contributed by atoms with Crippen molar-refractivity contribution >= 4 is 11.8 Å². The van der Waals surface area contributed by atoms with E-state index in [1.165, 1.54) is 76.1 Å². The van der Waals surface area contributed by atoms with Crippen LogP contribution in [0.3, 0.4) is 0 Å². The lowest BCUT2D eigenvalue weighted by atomic mass is 9.90. The van der Waals surface area contributed by atoms with Crippen molar-refractivity contribution in [1.82, 2.24) is 10.2 Å². The van der Waals surface area contributed by atoms with Crippen LogP contribution in [-0.2, 0) is 0 Å². The third-order valence-electron chi connectivity index (χ3n) is 4.92. The van der Waals surface area contributed by atoms with Crippen LogP contribution in [0.5, 0.6) is 0 Å². The van der Waals surface area contributed by atoms with Crippen LogP contribution < -0.4 is 5.32 Å². The molecule has 1 heterocycles. The van der Waals surface area contributed by atoms with Crippen LogP contribution >= 0.6 is 11.8 Å². The van der Waals surface area contributed by atoms with E-state index < -0.39 is 0 Å². The van der Waals surface area contributed by atoms with Gasteiger partial charge in [-0.1, -0.05) is 33.1 Å². The Balaban J connectivity index is 1.87. The highest BCUT2D eigenvalue weighted by Crippen LogP contribution is 2.37. The number of rotatable bonds is 7. The summed E-state index contributed by atoms with van der Waals surface area (Å²) < 4.78 is 0. The number of hydrogen-bond acceptors (Lipinski definition) is 3. The number of hydrogen-bond donors (Lipinski definition) is 1. The monoisotopic (exact) mass is 284 g/mol. The van der Waals surface area contributed by atoms with Crippen molar-refractivity contribution in [1.29, 1.82) is 0 Å². The number of nitrogens with zero attached hydrogens (tertiary/aromatic N) is 1. The van der Waals surface area contributed by atoms with Crippen LogP contribution in [0.1, 0.15) is 58.8 Å². The van der Waals surface area contributed by atoms with E-state index in [9.17, 15) is 0 Å². The molecule has 0 bridgehead atoms. The van der Waals surface area contributed by atoms with Gasteiger partial charge in [-0.05, 0) is 43.7 Å². The van der Waals surface area contributed by atoms with Gasteiger partial charge < -0.3 is 5.32 Å². The predicted molar refractivity (Wildman–Crippen MR) is 87.1 cm³/mol. The standard InChI is InChI=1S/C16H32N2S/c1-3-8-15-13-18(11-7-12-19-4-2)16(14-17-15)9-5-6-10-16/h15,17H,3-14H2,1-2H3. The summed E-state index contributed by atoms with van der Waals surface area (Å²) in [4.78, 5) is 2.87. The van der Waals surface area contributed by atoms with Crippen LogP contribution in [0.25, 0.3) is 0 Å². The van der Waals surface area contributed by atoms with E-state index in [1.54, 1.807) is 0 Å². The van der Waals surface area contributed by atoms with Crippen LogP contribution in [-0.4, -0.2) is 47.6 Å². The van der Waals surface area contributed by atoms with Crippen LogP contribution in [0, 0.1) is 0 Å². The van der Waals surface area contributed by atoms with E-state index in [2.05, 4.69) is 35.8 Å². The fraction of sp³-hybridized carbons (Fsp3) is 1.00. The quantitative estimate of drug-likeness (QED) is 0.720. The summed E-state index contributed by atoms with van der Waals surface area (Å²) in [5, 5.41) is 3.84. The Hall–Kier alpha value is 0.270. The zero-order valence-electron chi connectivity index (χ0n) is 12.9. The van der Waals surface area contributed by atoms with Gasteiger partial charge in [0.1, 0.15) is 0 Å². The molecule has 2 fully saturated rings. The van der Waals surface area contributed by atoms with Gasteiger partial charge >= 0.3 is 0 Å². The van der Waals surface area contributed by atoms with Crippen molar-refractivity contribution in [3.8, 4) is 0 Å². The molecule has 1 atom stereocenters. The van der Waals surface area contributed by atoms with Gasteiger partial charge in [0.05, 0.1) is 0 Å². The van der Waals surface area contributed by atoms with Gasteiger partial charge in [-0.3, -0.25) is 4.90 Å². The van der Waals surface area contributed by atoms with E-state index in [-0.39, 0.29) is 0 Å². The first-order valence-electron chi connectivity index (χ1n) is 8.37. The summed E-state index contributed by atoms with van der Waals surface area (Å²) in [5.41, 5.74) is 0.529. The second-order valence-corrected chi connectivity index (χ2v) is 7.69. The molecule has 0 radical (unpaired) electrons. The Kier molecular flexibility index (Phi) is 6.51. The second-order valence-electron chi connectivity index (χ2n) is 6.29. The number of thioether (sulfide) groups is 1. The maximum absolute atomic E-state index is 3.84. The molecule has 1 saturated carbocycles. The molecular formula is C16H32N2S. The van der Waals surface area contributed by atoms with Crippen molar-refractivity contribution in [2.24, 2.45) is 0 Å². The van der Waals surface area contributed by atoms with Crippen LogP contribution in [0.2, 0.25) is 0 Å². The topological polar surface area (TPSA) is 15.3 Å².